The molecule has 0 saturated heterocycles. The highest BCUT2D eigenvalue weighted by Gasteiger charge is 2.23. The molecule has 0 fully saturated rings. The summed E-state index contributed by atoms with van der Waals surface area (Å²) in [5, 5.41) is 0.624. The molecule has 0 aliphatic rings. The summed E-state index contributed by atoms with van der Waals surface area (Å²) in [6.07, 6.45) is 0. The van der Waals surface area contributed by atoms with E-state index in [0.29, 0.717) is 27.0 Å². The van der Waals surface area contributed by atoms with Gasteiger partial charge in [0.2, 0.25) is 0 Å². The predicted molar refractivity (Wildman–Crippen MR) is 67.6 cm³/mol. The fourth-order valence-corrected chi connectivity index (χ4v) is 4.86. The van der Waals surface area contributed by atoms with Crippen molar-refractivity contribution in [2.24, 2.45) is 0 Å². The van der Waals surface area contributed by atoms with Gasteiger partial charge in [-0.15, -0.1) is 11.3 Å². The minimum absolute atomic E-state index is 0.301. The van der Waals surface area contributed by atoms with E-state index in [1.807, 2.05) is 6.92 Å². The smallest absolute Gasteiger partial charge is 0.206 e. The van der Waals surface area contributed by atoms with E-state index in [4.69, 9.17) is 11.6 Å². The predicted octanol–water partition coefficient (Wildman–Crippen LogP) is 2.81. The lowest BCUT2D eigenvalue weighted by molar-refractivity contribution is 0.450. The van der Waals surface area contributed by atoms with E-state index in [2.05, 4.69) is 15.9 Å². The molecule has 0 aliphatic carbocycles. The molecule has 1 heterocycles. The van der Waals surface area contributed by atoms with Crippen molar-refractivity contribution in [1.82, 2.24) is 4.31 Å². The summed E-state index contributed by atoms with van der Waals surface area (Å²) in [6, 6.07) is 3.14. The molecule has 1 rings (SSSR count). The quantitative estimate of drug-likeness (QED) is 0.778. The number of hydrogen-bond acceptors (Lipinski definition) is 3. The van der Waals surface area contributed by atoms with E-state index in [-0.39, 0.29) is 0 Å². The summed E-state index contributed by atoms with van der Waals surface area (Å²) in [6.45, 7) is 2.74. The molecule has 7 heteroatoms. The van der Waals surface area contributed by atoms with E-state index in [1.165, 1.54) is 4.31 Å². The first-order chi connectivity index (χ1) is 7.02. The first kappa shape index (κ1) is 13.4. The molecule has 0 amide bonds. The van der Waals surface area contributed by atoms with Crippen molar-refractivity contribution in [2.45, 2.75) is 11.1 Å². The van der Waals surface area contributed by atoms with Crippen LogP contribution in [0.2, 0.25) is 4.34 Å². The van der Waals surface area contributed by atoms with Crippen molar-refractivity contribution in [1.29, 1.82) is 0 Å². The van der Waals surface area contributed by atoms with Crippen molar-refractivity contribution in [3.63, 3.8) is 0 Å². The number of thiophene rings is 1. The monoisotopic (exact) mass is 331 g/mol. The second-order valence-corrected chi connectivity index (χ2v) is 7.42. The maximum atomic E-state index is 12.0. The Balaban J connectivity index is 3.00. The van der Waals surface area contributed by atoms with Crippen molar-refractivity contribution in [3.05, 3.63) is 16.5 Å². The Morgan fingerprint density at radius 1 is 1.53 bits per heavy atom. The van der Waals surface area contributed by atoms with Crippen molar-refractivity contribution < 1.29 is 8.42 Å². The van der Waals surface area contributed by atoms with Crippen LogP contribution < -0.4 is 0 Å². The SMILES string of the molecule is CCN(CCBr)S(=O)(=O)c1ccc(Cl)s1. The van der Waals surface area contributed by atoms with E-state index in [1.54, 1.807) is 12.1 Å². The zero-order valence-electron chi connectivity index (χ0n) is 8.11. The average Bonchev–Trinajstić information content (AvgIpc) is 2.61. The fourth-order valence-electron chi connectivity index (χ4n) is 1.11. The Kier molecular flexibility index (Phi) is 5.05. The summed E-state index contributed by atoms with van der Waals surface area (Å²) >= 11 is 10.0. The standard InChI is InChI=1S/C8H11BrClNO2S2/c1-2-11(6-5-9)15(12,13)8-4-3-7(10)14-8/h3-4H,2,5-6H2,1H3. The molecule has 0 atom stereocenters. The van der Waals surface area contributed by atoms with Crippen LogP contribution in [0.5, 0.6) is 0 Å². The summed E-state index contributed by atoms with van der Waals surface area (Å²) in [5.74, 6) is 0. The Hall–Kier alpha value is 0.380. The third-order valence-corrected chi connectivity index (χ3v) is 5.86. The highest BCUT2D eigenvalue weighted by atomic mass is 79.9. The Labute approximate surface area is 107 Å². The minimum Gasteiger partial charge on any atom is -0.206 e. The first-order valence-corrected chi connectivity index (χ1v) is 8.09. The van der Waals surface area contributed by atoms with Crippen LogP contribution in [0.15, 0.2) is 16.3 Å². The number of alkyl halides is 1. The maximum absolute atomic E-state index is 12.0. The van der Waals surface area contributed by atoms with Crippen LogP contribution in [0.3, 0.4) is 0 Å². The van der Waals surface area contributed by atoms with Crippen LogP contribution in [0.25, 0.3) is 0 Å². The van der Waals surface area contributed by atoms with Gasteiger partial charge in [0.25, 0.3) is 10.0 Å². The van der Waals surface area contributed by atoms with E-state index in [9.17, 15) is 8.42 Å². The second kappa shape index (κ2) is 5.63. The lowest BCUT2D eigenvalue weighted by Gasteiger charge is -2.17. The first-order valence-electron chi connectivity index (χ1n) is 4.33. The van der Waals surface area contributed by atoms with Gasteiger partial charge in [-0.2, -0.15) is 4.31 Å². The molecule has 3 nitrogen and oxygen atoms in total. The van der Waals surface area contributed by atoms with E-state index < -0.39 is 10.0 Å². The van der Waals surface area contributed by atoms with Gasteiger partial charge < -0.3 is 0 Å². The number of rotatable bonds is 5. The van der Waals surface area contributed by atoms with E-state index in [0.717, 1.165) is 11.3 Å². The molecule has 1 aromatic rings. The Morgan fingerprint density at radius 3 is 2.60 bits per heavy atom. The normalized spacial score (nSPS) is 12.3. The zero-order chi connectivity index (χ0) is 11.5. The molecule has 0 radical (unpaired) electrons. The molecule has 0 unspecified atom stereocenters. The Bertz CT molecular complexity index is 418. The van der Waals surface area contributed by atoms with Gasteiger partial charge in [-0.05, 0) is 12.1 Å². The third-order valence-electron chi connectivity index (χ3n) is 1.83. The molecule has 0 saturated carbocycles. The van der Waals surface area contributed by atoms with Crippen LogP contribution in [-0.2, 0) is 10.0 Å². The van der Waals surface area contributed by atoms with Gasteiger partial charge in [0, 0.05) is 18.4 Å². The summed E-state index contributed by atoms with van der Waals surface area (Å²) < 4.78 is 26.3. The molecule has 15 heavy (non-hydrogen) atoms. The van der Waals surface area contributed by atoms with E-state index >= 15 is 0 Å². The van der Waals surface area contributed by atoms with Gasteiger partial charge in [0.05, 0.1) is 4.34 Å². The molecule has 0 aromatic carbocycles. The molecule has 0 bridgehead atoms. The lowest BCUT2D eigenvalue weighted by atomic mass is 10.7. The molecule has 0 N–H and O–H groups in total. The van der Waals surface area contributed by atoms with Crippen molar-refractivity contribution in [3.8, 4) is 0 Å². The van der Waals surface area contributed by atoms with Gasteiger partial charge in [-0.3, -0.25) is 0 Å². The van der Waals surface area contributed by atoms with Crippen LogP contribution in [-0.4, -0.2) is 31.1 Å². The lowest BCUT2D eigenvalue weighted by Crippen LogP contribution is -2.31. The van der Waals surface area contributed by atoms with Crippen LogP contribution in [0.4, 0.5) is 0 Å². The number of hydrogen-bond donors (Lipinski definition) is 0. The number of nitrogens with zero attached hydrogens (tertiary/aromatic N) is 1. The highest BCUT2D eigenvalue weighted by molar-refractivity contribution is 9.09. The molecule has 0 spiro atoms. The zero-order valence-corrected chi connectivity index (χ0v) is 12.1. The fraction of sp³-hybridized carbons (Fsp3) is 0.500. The Morgan fingerprint density at radius 2 is 2.20 bits per heavy atom. The molecule has 1 aromatic heterocycles. The minimum atomic E-state index is -3.36. The van der Waals surface area contributed by atoms with Crippen LogP contribution >= 0.6 is 38.9 Å². The summed E-state index contributed by atoms with van der Waals surface area (Å²) in [5.41, 5.74) is 0. The van der Waals surface area contributed by atoms with Crippen molar-refractivity contribution >= 4 is 48.9 Å². The summed E-state index contributed by atoms with van der Waals surface area (Å²) in [4.78, 5) is 0. The van der Waals surface area contributed by atoms with Gasteiger partial charge in [0.15, 0.2) is 0 Å². The highest BCUT2D eigenvalue weighted by Crippen LogP contribution is 2.27. The molecular weight excluding hydrogens is 322 g/mol. The third kappa shape index (κ3) is 3.17. The van der Waals surface area contributed by atoms with Gasteiger partial charge in [-0.1, -0.05) is 34.5 Å². The van der Waals surface area contributed by atoms with Gasteiger partial charge >= 0.3 is 0 Å². The molecule has 86 valence electrons. The van der Waals surface area contributed by atoms with Crippen molar-refractivity contribution in [2.75, 3.05) is 18.4 Å². The second-order valence-electron chi connectivity index (χ2n) is 2.74. The average molecular weight is 333 g/mol. The van der Waals surface area contributed by atoms with Crippen LogP contribution in [0.1, 0.15) is 6.92 Å². The maximum Gasteiger partial charge on any atom is 0.252 e. The van der Waals surface area contributed by atoms with Crippen LogP contribution in [0, 0.1) is 0 Å². The number of halogens is 2. The topological polar surface area (TPSA) is 37.4 Å². The number of sulfonamides is 1. The molecule has 0 aliphatic heterocycles. The largest absolute Gasteiger partial charge is 0.252 e. The summed E-state index contributed by atoms with van der Waals surface area (Å²) in [7, 11) is -3.36. The molecular formula is C8H11BrClNO2S2. The van der Waals surface area contributed by atoms with Gasteiger partial charge in [0.1, 0.15) is 4.21 Å². The van der Waals surface area contributed by atoms with Gasteiger partial charge in [-0.25, -0.2) is 8.42 Å².